The summed E-state index contributed by atoms with van der Waals surface area (Å²) in [7, 11) is 0. The van der Waals surface area contributed by atoms with Gasteiger partial charge in [-0.05, 0) is 12.1 Å². The van der Waals surface area contributed by atoms with Crippen LogP contribution in [0.15, 0.2) is 30.3 Å². The zero-order valence-corrected chi connectivity index (χ0v) is 8.71. The zero-order valence-electron chi connectivity index (χ0n) is 8.71. The highest BCUT2D eigenvalue weighted by atomic mass is 16.6. The average molecular weight is 221 g/mol. The van der Waals surface area contributed by atoms with Crippen LogP contribution >= 0.6 is 0 Å². The molecular formula is C10H11N3O3. The van der Waals surface area contributed by atoms with Gasteiger partial charge in [-0.1, -0.05) is 18.2 Å². The summed E-state index contributed by atoms with van der Waals surface area (Å²) < 4.78 is 0. The summed E-state index contributed by atoms with van der Waals surface area (Å²) in [6.45, 7) is 0.896. The molecule has 0 spiro atoms. The molecule has 1 rings (SSSR count). The maximum atomic E-state index is 10.5. The number of amides is 1. The minimum absolute atomic E-state index is 0.0359. The van der Waals surface area contributed by atoms with Gasteiger partial charge in [0, 0.05) is 17.5 Å². The Bertz CT molecular complexity index is 384. The second kappa shape index (κ2) is 7.94. The van der Waals surface area contributed by atoms with Crippen molar-refractivity contribution in [3.05, 3.63) is 40.4 Å². The second-order valence-corrected chi connectivity index (χ2v) is 2.70. The number of carbonyl (C=O) groups is 1. The summed E-state index contributed by atoms with van der Waals surface area (Å²) in [5.41, 5.74) is 0.843. The average Bonchev–Trinajstić information content (AvgIpc) is 2.18. The highest BCUT2D eigenvalue weighted by Gasteiger charge is 1.90. The van der Waals surface area contributed by atoms with Crippen LogP contribution in [-0.2, 0) is 4.79 Å². The van der Waals surface area contributed by atoms with Crippen LogP contribution < -0.4 is 5.32 Å². The number of nitro groups is 1. The molecule has 0 radical (unpaired) electrons. The SMILES string of the molecule is CC(=O)Nc1ccccc1.N#CC[N+](=O)[O-]. The van der Waals surface area contributed by atoms with E-state index in [9.17, 15) is 14.9 Å². The summed E-state index contributed by atoms with van der Waals surface area (Å²) in [5, 5.41) is 19.4. The van der Waals surface area contributed by atoms with Crippen LogP contribution in [0.3, 0.4) is 0 Å². The fraction of sp³-hybridized carbons (Fsp3) is 0.200. The summed E-state index contributed by atoms with van der Waals surface area (Å²) in [5.74, 6) is -0.0359. The number of nitrogens with zero attached hydrogens (tertiary/aromatic N) is 2. The number of benzene rings is 1. The smallest absolute Gasteiger partial charge is 0.287 e. The first-order valence-corrected chi connectivity index (χ1v) is 4.37. The number of para-hydroxylation sites is 1. The third-order valence-corrected chi connectivity index (χ3v) is 1.29. The van der Waals surface area contributed by atoms with E-state index in [0.29, 0.717) is 0 Å². The third-order valence-electron chi connectivity index (χ3n) is 1.29. The lowest BCUT2D eigenvalue weighted by Crippen LogP contribution is -2.04. The molecule has 0 saturated heterocycles. The standard InChI is InChI=1S/C8H9NO.C2H2N2O2/c1-7(10)9-8-5-3-2-4-6-8;3-1-2-4(5)6/h2-6H,1H3,(H,9,10);2H2. The maximum absolute atomic E-state index is 10.5. The molecule has 0 heterocycles. The van der Waals surface area contributed by atoms with Crippen LogP contribution in [0.5, 0.6) is 0 Å². The molecule has 0 aliphatic rings. The van der Waals surface area contributed by atoms with E-state index in [1.54, 1.807) is 0 Å². The van der Waals surface area contributed by atoms with Crippen molar-refractivity contribution in [1.82, 2.24) is 0 Å². The van der Waals surface area contributed by atoms with Gasteiger partial charge in [0.2, 0.25) is 5.91 Å². The van der Waals surface area contributed by atoms with E-state index in [2.05, 4.69) is 5.32 Å². The highest BCUT2D eigenvalue weighted by molar-refractivity contribution is 5.88. The van der Waals surface area contributed by atoms with Gasteiger partial charge in [-0.2, -0.15) is 5.26 Å². The lowest BCUT2D eigenvalue weighted by Gasteiger charge is -1.98. The van der Waals surface area contributed by atoms with Crippen molar-refractivity contribution in [1.29, 1.82) is 5.26 Å². The van der Waals surface area contributed by atoms with Gasteiger partial charge in [0.1, 0.15) is 6.07 Å². The molecule has 1 amide bonds. The minimum atomic E-state index is -0.681. The minimum Gasteiger partial charge on any atom is -0.326 e. The van der Waals surface area contributed by atoms with Crippen molar-refractivity contribution in [3.63, 3.8) is 0 Å². The van der Waals surface area contributed by atoms with Gasteiger partial charge in [0.15, 0.2) is 0 Å². The van der Waals surface area contributed by atoms with Crippen molar-refractivity contribution < 1.29 is 9.72 Å². The van der Waals surface area contributed by atoms with E-state index in [-0.39, 0.29) is 5.91 Å². The molecule has 6 nitrogen and oxygen atoms in total. The monoisotopic (exact) mass is 221 g/mol. The molecule has 0 aliphatic carbocycles. The summed E-state index contributed by atoms with van der Waals surface area (Å²) in [6.07, 6.45) is 0. The Balaban J connectivity index is 0.000000325. The van der Waals surface area contributed by atoms with Crippen molar-refractivity contribution >= 4 is 11.6 Å². The van der Waals surface area contributed by atoms with Gasteiger partial charge in [-0.25, -0.2) is 0 Å². The Kier molecular flexibility index (Phi) is 6.74. The van der Waals surface area contributed by atoms with Gasteiger partial charge in [0.25, 0.3) is 6.54 Å². The van der Waals surface area contributed by atoms with E-state index in [4.69, 9.17) is 5.26 Å². The van der Waals surface area contributed by atoms with Crippen LogP contribution in [0.1, 0.15) is 6.92 Å². The fourth-order valence-electron chi connectivity index (χ4n) is 0.782. The number of anilines is 1. The fourth-order valence-corrected chi connectivity index (χ4v) is 0.782. The zero-order chi connectivity index (χ0) is 12.4. The van der Waals surface area contributed by atoms with Crippen LogP contribution in [-0.4, -0.2) is 17.4 Å². The van der Waals surface area contributed by atoms with Crippen LogP contribution in [0.25, 0.3) is 0 Å². The second-order valence-electron chi connectivity index (χ2n) is 2.70. The molecule has 1 aromatic rings. The van der Waals surface area contributed by atoms with E-state index in [1.165, 1.54) is 13.0 Å². The molecule has 16 heavy (non-hydrogen) atoms. The van der Waals surface area contributed by atoms with Crippen molar-refractivity contribution in [2.24, 2.45) is 0 Å². The lowest BCUT2D eigenvalue weighted by molar-refractivity contribution is -0.466. The third kappa shape index (κ3) is 8.19. The largest absolute Gasteiger partial charge is 0.326 e. The molecule has 0 atom stereocenters. The van der Waals surface area contributed by atoms with Crippen molar-refractivity contribution in [2.75, 3.05) is 11.9 Å². The van der Waals surface area contributed by atoms with Crippen LogP contribution in [0.4, 0.5) is 5.69 Å². The summed E-state index contributed by atoms with van der Waals surface area (Å²) in [6, 6.07) is 10.7. The number of hydrogen-bond donors (Lipinski definition) is 1. The number of nitriles is 1. The van der Waals surface area contributed by atoms with E-state index >= 15 is 0 Å². The molecule has 0 aromatic heterocycles. The summed E-state index contributed by atoms with van der Waals surface area (Å²) >= 11 is 0. The van der Waals surface area contributed by atoms with Gasteiger partial charge in [-0.15, -0.1) is 0 Å². The van der Waals surface area contributed by atoms with E-state index in [0.717, 1.165) is 5.69 Å². The van der Waals surface area contributed by atoms with E-state index in [1.807, 2.05) is 30.3 Å². The molecular weight excluding hydrogens is 210 g/mol. The predicted octanol–water partition coefficient (Wildman–Crippen LogP) is 1.43. The predicted molar refractivity (Wildman–Crippen MR) is 58.2 cm³/mol. The van der Waals surface area contributed by atoms with Gasteiger partial charge < -0.3 is 5.32 Å². The van der Waals surface area contributed by atoms with Gasteiger partial charge in [-0.3, -0.25) is 14.9 Å². The van der Waals surface area contributed by atoms with Crippen molar-refractivity contribution in [2.45, 2.75) is 6.92 Å². The molecule has 0 bridgehead atoms. The molecule has 1 N–H and O–H groups in total. The maximum Gasteiger partial charge on any atom is 0.287 e. The topological polar surface area (TPSA) is 96.0 Å². The Morgan fingerprint density at radius 1 is 1.50 bits per heavy atom. The first-order chi connectivity index (χ1) is 7.56. The van der Waals surface area contributed by atoms with Crippen LogP contribution in [0.2, 0.25) is 0 Å². The molecule has 0 saturated carbocycles. The Morgan fingerprint density at radius 3 is 2.38 bits per heavy atom. The number of carbonyl (C=O) groups excluding carboxylic acids is 1. The van der Waals surface area contributed by atoms with Crippen molar-refractivity contribution in [3.8, 4) is 6.07 Å². The Morgan fingerprint density at radius 2 is 2.06 bits per heavy atom. The summed E-state index contributed by atoms with van der Waals surface area (Å²) in [4.78, 5) is 19.0. The lowest BCUT2D eigenvalue weighted by atomic mass is 10.3. The molecule has 0 unspecified atom stereocenters. The number of nitrogens with one attached hydrogen (secondary N) is 1. The number of hydrogen-bond acceptors (Lipinski definition) is 4. The quantitative estimate of drug-likeness (QED) is 0.464. The van der Waals surface area contributed by atoms with Gasteiger partial charge in [0.05, 0.1) is 0 Å². The highest BCUT2D eigenvalue weighted by Crippen LogP contribution is 2.03. The normalized spacial score (nSPS) is 8.00. The van der Waals surface area contributed by atoms with E-state index < -0.39 is 11.5 Å². The Labute approximate surface area is 92.7 Å². The van der Waals surface area contributed by atoms with Crippen LogP contribution in [0, 0.1) is 21.4 Å². The molecule has 1 aromatic carbocycles. The van der Waals surface area contributed by atoms with Gasteiger partial charge >= 0.3 is 0 Å². The first-order valence-electron chi connectivity index (χ1n) is 4.37. The number of rotatable bonds is 2. The molecule has 0 fully saturated rings. The Hall–Kier alpha value is -2.42. The molecule has 0 aliphatic heterocycles. The molecule has 84 valence electrons. The molecule has 6 heteroatoms. The first kappa shape index (κ1) is 13.6.